The fraction of sp³-hybridized carbons (Fsp3) is 0.556. The minimum Gasteiger partial charge on any atom is -0.545 e. The molecule has 0 atom stereocenters. The van der Waals surface area contributed by atoms with E-state index in [2.05, 4.69) is 0 Å². The van der Waals surface area contributed by atoms with Crippen LogP contribution in [0.4, 0.5) is 0 Å². The number of ether oxygens (including phenoxy) is 1. The molecule has 0 bridgehead atoms. The van der Waals surface area contributed by atoms with Crippen molar-refractivity contribution in [3.8, 4) is 0 Å². The van der Waals surface area contributed by atoms with Gasteiger partial charge in [0, 0.05) is 0 Å². The summed E-state index contributed by atoms with van der Waals surface area (Å²) in [4.78, 5) is 22.2. The van der Waals surface area contributed by atoms with Crippen molar-refractivity contribution >= 4 is 11.9 Å². The second-order valence-electron chi connectivity index (χ2n) is 6.49. The molecule has 1 saturated carbocycles. The van der Waals surface area contributed by atoms with Gasteiger partial charge >= 0.3 is 5.97 Å². The summed E-state index contributed by atoms with van der Waals surface area (Å²) in [5.41, 5.74) is -0.436. The fourth-order valence-corrected chi connectivity index (χ4v) is 2.17. The first-order chi connectivity index (χ1) is 10.3. The van der Waals surface area contributed by atoms with Crippen LogP contribution >= 0.6 is 0 Å². The van der Waals surface area contributed by atoms with Gasteiger partial charge in [0.2, 0.25) is 0 Å². The van der Waals surface area contributed by atoms with Gasteiger partial charge in [0.05, 0.1) is 11.5 Å². The van der Waals surface area contributed by atoms with Crippen LogP contribution in [0.1, 0.15) is 80.0 Å². The molecule has 0 heterocycles. The Bertz CT molecular complexity index is 485. The van der Waals surface area contributed by atoms with Gasteiger partial charge in [0.15, 0.2) is 0 Å². The summed E-state index contributed by atoms with van der Waals surface area (Å²) in [5, 5.41) is 10.6. The van der Waals surface area contributed by atoms with Crippen molar-refractivity contribution in [2.75, 3.05) is 0 Å². The van der Waals surface area contributed by atoms with Crippen molar-refractivity contribution in [1.29, 1.82) is 0 Å². The third kappa shape index (κ3) is 7.25. The maximum atomic E-state index is 11.6. The second kappa shape index (κ2) is 8.57. The Kier molecular flexibility index (Phi) is 7.09. The number of hydrogen-bond acceptors (Lipinski definition) is 4. The topological polar surface area (TPSA) is 66.4 Å². The van der Waals surface area contributed by atoms with E-state index in [1.54, 1.807) is 20.8 Å². The van der Waals surface area contributed by atoms with E-state index >= 15 is 0 Å². The highest BCUT2D eigenvalue weighted by Gasteiger charge is 2.17. The van der Waals surface area contributed by atoms with Crippen LogP contribution in [-0.4, -0.2) is 17.5 Å². The van der Waals surface area contributed by atoms with E-state index in [9.17, 15) is 14.7 Å². The zero-order valence-electron chi connectivity index (χ0n) is 13.7. The van der Waals surface area contributed by atoms with Crippen LogP contribution in [0.3, 0.4) is 0 Å². The van der Waals surface area contributed by atoms with Gasteiger partial charge in [-0.25, -0.2) is 4.79 Å². The Morgan fingerprint density at radius 1 is 0.955 bits per heavy atom. The third-order valence-electron chi connectivity index (χ3n) is 3.23. The van der Waals surface area contributed by atoms with E-state index < -0.39 is 17.5 Å². The Morgan fingerprint density at radius 3 is 1.82 bits per heavy atom. The first-order valence-electron chi connectivity index (χ1n) is 7.84. The van der Waals surface area contributed by atoms with Crippen LogP contribution in [0.25, 0.3) is 0 Å². The molecule has 1 aromatic carbocycles. The van der Waals surface area contributed by atoms with Crippen molar-refractivity contribution < 1.29 is 19.4 Å². The van der Waals surface area contributed by atoms with E-state index in [-0.39, 0.29) is 11.1 Å². The van der Waals surface area contributed by atoms with Gasteiger partial charge in [-0.1, -0.05) is 50.7 Å². The molecular weight excluding hydrogens is 280 g/mol. The largest absolute Gasteiger partial charge is 0.545 e. The molecule has 1 aliphatic rings. The smallest absolute Gasteiger partial charge is 0.338 e. The lowest BCUT2D eigenvalue weighted by atomic mass is 10.0. The van der Waals surface area contributed by atoms with Gasteiger partial charge < -0.3 is 14.6 Å². The summed E-state index contributed by atoms with van der Waals surface area (Å²) in [5.74, 6) is -1.86. The van der Waals surface area contributed by atoms with Crippen molar-refractivity contribution in [3.63, 3.8) is 0 Å². The molecular formula is C18H25O4-. The predicted molar refractivity (Wildman–Crippen MR) is 83.6 cm³/mol. The SMILES string of the molecule is C1CCCCC1.CC(C)(C)OC(=O)c1cccc(C(=O)[O-])c1. The molecule has 0 saturated heterocycles. The lowest BCUT2D eigenvalue weighted by molar-refractivity contribution is -0.255. The number of carboxylic acids is 1. The van der Waals surface area contributed by atoms with Gasteiger partial charge in [-0.2, -0.15) is 0 Å². The minimum atomic E-state index is -1.31. The molecule has 0 aromatic heterocycles. The Balaban J connectivity index is 0.000000335. The first kappa shape index (κ1) is 18.2. The number of carboxylic acid groups (broad SMARTS) is 1. The summed E-state index contributed by atoms with van der Waals surface area (Å²) in [7, 11) is 0. The van der Waals surface area contributed by atoms with Gasteiger partial charge in [0.25, 0.3) is 0 Å². The zero-order chi connectivity index (χ0) is 16.6. The van der Waals surface area contributed by atoms with Crippen molar-refractivity contribution in [2.24, 2.45) is 0 Å². The molecule has 1 aromatic rings. The standard InChI is InChI=1S/C12H14O4.C6H12/c1-12(2,3)16-11(15)9-6-4-5-8(7-9)10(13)14;1-2-4-6-5-3-1/h4-7H,1-3H3,(H,13,14);1-6H2/p-1. The van der Waals surface area contributed by atoms with Gasteiger partial charge in [-0.05, 0) is 38.5 Å². The Labute approximate surface area is 132 Å². The number of esters is 1. The molecule has 2 rings (SSSR count). The Hall–Kier alpha value is -1.84. The molecule has 1 aliphatic carbocycles. The average molecular weight is 305 g/mol. The van der Waals surface area contributed by atoms with Crippen LogP contribution < -0.4 is 5.11 Å². The molecule has 0 unspecified atom stereocenters. The van der Waals surface area contributed by atoms with E-state index in [1.165, 1.54) is 62.8 Å². The van der Waals surface area contributed by atoms with Crippen LogP contribution in [0.2, 0.25) is 0 Å². The first-order valence-corrected chi connectivity index (χ1v) is 7.84. The van der Waals surface area contributed by atoms with Crippen molar-refractivity contribution in [1.82, 2.24) is 0 Å². The van der Waals surface area contributed by atoms with E-state index in [0.717, 1.165) is 0 Å². The fourth-order valence-electron chi connectivity index (χ4n) is 2.17. The molecule has 122 valence electrons. The van der Waals surface area contributed by atoms with E-state index in [4.69, 9.17) is 4.74 Å². The number of benzene rings is 1. The normalized spacial score (nSPS) is 14.5. The van der Waals surface area contributed by atoms with Gasteiger partial charge in [-0.3, -0.25) is 0 Å². The Morgan fingerprint density at radius 2 is 1.41 bits per heavy atom. The maximum absolute atomic E-state index is 11.6. The van der Waals surface area contributed by atoms with Crippen LogP contribution in [0.5, 0.6) is 0 Å². The quantitative estimate of drug-likeness (QED) is 0.786. The van der Waals surface area contributed by atoms with Gasteiger partial charge in [-0.15, -0.1) is 0 Å². The number of rotatable bonds is 2. The van der Waals surface area contributed by atoms with Crippen LogP contribution in [0.15, 0.2) is 24.3 Å². The molecule has 0 radical (unpaired) electrons. The summed E-state index contributed by atoms with van der Waals surface area (Å²) in [6.45, 7) is 5.23. The summed E-state index contributed by atoms with van der Waals surface area (Å²) < 4.78 is 5.11. The highest BCUT2D eigenvalue weighted by Crippen LogP contribution is 2.15. The summed E-state index contributed by atoms with van der Waals surface area (Å²) >= 11 is 0. The molecule has 1 fully saturated rings. The average Bonchev–Trinajstić information content (AvgIpc) is 2.48. The van der Waals surface area contributed by atoms with Crippen molar-refractivity contribution in [3.05, 3.63) is 35.4 Å². The molecule has 4 nitrogen and oxygen atoms in total. The highest BCUT2D eigenvalue weighted by atomic mass is 16.6. The van der Waals surface area contributed by atoms with Crippen LogP contribution in [0, 0.1) is 0 Å². The van der Waals surface area contributed by atoms with Gasteiger partial charge in [0.1, 0.15) is 5.60 Å². The maximum Gasteiger partial charge on any atom is 0.338 e. The monoisotopic (exact) mass is 305 g/mol. The van der Waals surface area contributed by atoms with Crippen LogP contribution in [-0.2, 0) is 4.74 Å². The third-order valence-corrected chi connectivity index (χ3v) is 3.23. The highest BCUT2D eigenvalue weighted by molar-refractivity contribution is 5.94. The molecule has 0 aliphatic heterocycles. The number of hydrogen-bond donors (Lipinski definition) is 0. The molecule has 0 amide bonds. The summed E-state index contributed by atoms with van der Waals surface area (Å²) in [6.07, 6.45) is 9.00. The number of carbonyl (C=O) groups excluding carboxylic acids is 2. The van der Waals surface area contributed by atoms with E-state index in [0.29, 0.717) is 0 Å². The zero-order valence-corrected chi connectivity index (χ0v) is 13.7. The molecule has 4 heteroatoms. The predicted octanol–water partition coefficient (Wildman–Crippen LogP) is 3.35. The number of aromatic carboxylic acids is 1. The minimum absolute atomic E-state index is 0.0386. The molecule has 0 N–H and O–H groups in total. The second-order valence-corrected chi connectivity index (χ2v) is 6.49. The molecule has 22 heavy (non-hydrogen) atoms. The molecule has 0 spiro atoms. The van der Waals surface area contributed by atoms with Crippen molar-refractivity contribution in [2.45, 2.75) is 64.9 Å². The van der Waals surface area contributed by atoms with E-state index in [1.807, 2.05) is 0 Å². The lowest BCUT2D eigenvalue weighted by Gasteiger charge is -2.19. The summed E-state index contributed by atoms with van der Waals surface area (Å²) in [6, 6.07) is 5.58. The number of carbonyl (C=O) groups is 2. The lowest BCUT2D eigenvalue weighted by Crippen LogP contribution is -2.25.